The van der Waals surface area contributed by atoms with Crippen LogP contribution in [-0.4, -0.2) is 24.7 Å². The first-order valence-electron chi connectivity index (χ1n) is 7.44. The third kappa shape index (κ3) is 3.18. The van der Waals surface area contributed by atoms with Crippen LogP contribution in [0.4, 0.5) is 4.39 Å². The van der Waals surface area contributed by atoms with E-state index in [9.17, 15) is 9.18 Å². The molecule has 1 aliphatic carbocycles. The standard InChI is InChI=1S/C16H20FNO3/c1-9(2)21-16(19)11-5-13(17)12-7-18-14(10-3-4-10)8-20-15(12)6-11/h5-6,9-10,14,18H,3-4,7-8H2,1-2H3/t14-/m1/s1. The highest BCUT2D eigenvalue weighted by molar-refractivity contribution is 5.90. The molecule has 3 rings (SSSR count). The fraction of sp³-hybridized carbons (Fsp3) is 0.562. The maximum atomic E-state index is 14.2. The lowest BCUT2D eigenvalue weighted by atomic mass is 10.1. The van der Waals surface area contributed by atoms with Gasteiger partial charge in [-0.2, -0.15) is 0 Å². The summed E-state index contributed by atoms with van der Waals surface area (Å²) in [5, 5.41) is 3.34. The molecule has 1 N–H and O–H groups in total. The van der Waals surface area contributed by atoms with Gasteiger partial charge in [-0.15, -0.1) is 0 Å². The average molecular weight is 293 g/mol. The quantitative estimate of drug-likeness (QED) is 0.870. The molecule has 0 bridgehead atoms. The zero-order chi connectivity index (χ0) is 15.0. The number of hydrogen-bond donors (Lipinski definition) is 1. The van der Waals surface area contributed by atoms with E-state index in [-0.39, 0.29) is 17.7 Å². The van der Waals surface area contributed by atoms with Crippen molar-refractivity contribution in [2.75, 3.05) is 6.61 Å². The molecule has 1 aromatic rings. The molecule has 4 nitrogen and oxygen atoms in total. The Morgan fingerprint density at radius 3 is 2.86 bits per heavy atom. The summed E-state index contributed by atoms with van der Waals surface area (Å²) in [6.45, 7) is 4.47. The molecule has 0 aromatic heterocycles. The van der Waals surface area contributed by atoms with E-state index in [1.165, 1.54) is 18.9 Å². The van der Waals surface area contributed by atoms with Gasteiger partial charge in [-0.1, -0.05) is 0 Å². The summed E-state index contributed by atoms with van der Waals surface area (Å²) in [5.41, 5.74) is 0.684. The van der Waals surface area contributed by atoms with Gasteiger partial charge < -0.3 is 14.8 Å². The third-order valence-electron chi connectivity index (χ3n) is 3.88. The second-order valence-electron chi connectivity index (χ2n) is 6.02. The van der Waals surface area contributed by atoms with Crippen LogP contribution in [0.1, 0.15) is 42.6 Å². The molecule has 1 aromatic carbocycles. The van der Waals surface area contributed by atoms with E-state index in [1.54, 1.807) is 19.9 Å². The molecule has 5 heteroatoms. The van der Waals surface area contributed by atoms with Crippen molar-refractivity contribution < 1.29 is 18.7 Å². The molecule has 2 aliphatic rings. The number of ether oxygens (including phenoxy) is 2. The van der Waals surface area contributed by atoms with E-state index >= 15 is 0 Å². The van der Waals surface area contributed by atoms with Gasteiger partial charge in [0.2, 0.25) is 0 Å². The van der Waals surface area contributed by atoms with Gasteiger partial charge in [0.25, 0.3) is 0 Å². The Balaban J connectivity index is 1.82. The highest BCUT2D eigenvalue weighted by Gasteiger charge is 2.33. The zero-order valence-corrected chi connectivity index (χ0v) is 12.3. The molecule has 0 amide bonds. The normalized spacial score (nSPS) is 21.4. The minimum atomic E-state index is -0.522. The van der Waals surface area contributed by atoms with Gasteiger partial charge in [0, 0.05) is 18.2 Å². The van der Waals surface area contributed by atoms with E-state index in [2.05, 4.69) is 5.32 Å². The molecule has 1 fully saturated rings. The predicted molar refractivity (Wildman–Crippen MR) is 75.8 cm³/mol. The van der Waals surface area contributed by atoms with Crippen molar-refractivity contribution in [3.05, 3.63) is 29.1 Å². The Morgan fingerprint density at radius 1 is 1.43 bits per heavy atom. The van der Waals surface area contributed by atoms with Gasteiger partial charge in [-0.25, -0.2) is 9.18 Å². The summed E-state index contributed by atoms with van der Waals surface area (Å²) >= 11 is 0. The number of halogens is 1. The number of carbonyl (C=O) groups is 1. The summed E-state index contributed by atoms with van der Waals surface area (Å²) < 4.78 is 25.1. The Labute approximate surface area is 123 Å². The molecule has 1 heterocycles. The van der Waals surface area contributed by atoms with Crippen molar-refractivity contribution in [1.29, 1.82) is 0 Å². The van der Waals surface area contributed by atoms with Crippen LogP contribution in [-0.2, 0) is 11.3 Å². The molecule has 114 valence electrons. The average Bonchev–Trinajstić information content (AvgIpc) is 3.23. The number of rotatable bonds is 3. The number of carbonyl (C=O) groups excluding carboxylic acids is 1. The van der Waals surface area contributed by atoms with Gasteiger partial charge in [0.05, 0.1) is 11.7 Å². The van der Waals surface area contributed by atoms with Gasteiger partial charge in [-0.3, -0.25) is 0 Å². The number of fused-ring (bicyclic) bond motifs is 1. The maximum absolute atomic E-state index is 14.2. The SMILES string of the molecule is CC(C)OC(=O)c1cc(F)c2c(c1)OC[C@H](C1CC1)NC2. The van der Waals surface area contributed by atoms with Crippen LogP contribution in [0.15, 0.2) is 12.1 Å². The molecule has 21 heavy (non-hydrogen) atoms. The van der Waals surface area contributed by atoms with Crippen LogP contribution < -0.4 is 10.1 Å². The van der Waals surface area contributed by atoms with Crippen LogP contribution >= 0.6 is 0 Å². The summed E-state index contributed by atoms with van der Waals surface area (Å²) in [5.74, 6) is 0.132. The maximum Gasteiger partial charge on any atom is 0.338 e. The summed E-state index contributed by atoms with van der Waals surface area (Å²) in [6, 6.07) is 3.08. The lowest BCUT2D eigenvalue weighted by Crippen LogP contribution is -2.34. The molecule has 1 atom stereocenters. The second kappa shape index (κ2) is 5.64. The van der Waals surface area contributed by atoms with Crippen LogP contribution in [0.3, 0.4) is 0 Å². The zero-order valence-electron chi connectivity index (χ0n) is 12.3. The van der Waals surface area contributed by atoms with E-state index in [0.717, 1.165) is 0 Å². The second-order valence-corrected chi connectivity index (χ2v) is 6.02. The summed E-state index contributed by atoms with van der Waals surface area (Å²) in [7, 11) is 0. The van der Waals surface area contributed by atoms with Crippen molar-refractivity contribution in [2.45, 2.75) is 45.4 Å². The van der Waals surface area contributed by atoms with Gasteiger partial charge in [-0.05, 0) is 44.7 Å². The number of esters is 1. The molecule has 0 spiro atoms. The number of nitrogens with one attached hydrogen (secondary N) is 1. The molecule has 0 radical (unpaired) electrons. The van der Waals surface area contributed by atoms with E-state index in [0.29, 0.717) is 30.4 Å². The molecule has 0 unspecified atom stereocenters. The fourth-order valence-corrected chi connectivity index (χ4v) is 2.58. The van der Waals surface area contributed by atoms with Crippen LogP contribution in [0.5, 0.6) is 5.75 Å². The largest absolute Gasteiger partial charge is 0.491 e. The smallest absolute Gasteiger partial charge is 0.338 e. The third-order valence-corrected chi connectivity index (χ3v) is 3.88. The highest BCUT2D eigenvalue weighted by Crippen LogP contribution is 2.35. The molecule has 0 saturated heterocycles. The minimum Gasteiger partial charge on any atom is -0.491 e. The van der Waals surface area contributed by atoms with Crippen molar-refractivity contribution in [1.82, 2.24) is 5.32 Å². The number of hydrogen-bond acceptors (Lipinski definition) is 4. The predicted octanol–water partition coefficient (Wildman–Crippen LogP) is 2.65. The van der Waals surface area contributed by atoms with E-state index < -0.39 is 11.8 Å². The van der Waals surface area contributed by atoms with Crippen LogP contribution in [0, 0.1) is 11.7 Å². The molecule has 1 aliphatic heterocycles. The minimum absolute atomic E-state index is 0.199. The molecular weight excluding hydrogens is 273 g/mol. The van der Waals surface area contributed by atoms with Crippen molar-refractivity contribution in [3.8, 4) is 5.75 Å². The van der Waals surface area contributed by atoms with Gasteiger partial charge in [0.15, 0.2) is 0 Å². The highest BCUT2D eigenvalue weighted by atomic mass is 19.1. The van der Waals surface area contributed by atoms with Gasteiger partial charge >= 0.3 is 5.97 Å². The lowest BCUT2D eigenvalue weighted by molar-refractivity contribution is 0.0377. The van der Waals surface area contributed by atoms with Crippen molar-refractivity contribution >= 4 is 5.97 Å². The Bertz CT molecular complexity index is 555. The fourth-order valence-electron chi connectivity index (χ4n) is 2.58. The first kappa shape index (κ1) is 14.3. The molecule has 1 saturated carbocycles. The van der Waals surface area contributed by atoms with Crippen LogP contribution in [0.2, 0.25) is 0 Å². The first-order valence-corrected chi connectivity index (χ1v) is 7.44. The Hall–Kier alpha value is -1.62. The van der Waals surface area contributed by atoms with Crippen molar-refractivity contribution in [2.24, 2.45) is 5.92 Å². The first-order chi connectivity index (χ1) is 10.0. The lowest BCUT2D eigenvalue weighted by Gasteiger charge is -2.13. The van der Waals surface area contributed by atoms with E-state index in [4.69, 9.17) is 9.47 Å². The monoisotopic (exact) mass is 293 g/mol. The van der Waals surface area contributed by atoms with Gasteiger partial charge in [0.1, 0.15) is 18.2 Å². The Morgan fingerprint density at radius 2 is 2.19 bits per heavy atom. The summed E-state index contributed by atoms with van der Waals surface area (Å²) in [4.78, 5) is 11.9. The summed E-state index contributed by atoms with van der Waals surface area (Å²) in [6.07, 6.45) is 2.17. The Kier molecular flexibility index (Phi) is 3.85. The van der Waals surface area contributed by atoms with Crippen LogP contribution in [0.25, 0.3) is 0 Å². The topological polar surface area (TPSA) is 47.6 Å². The van der Waals surface area contributed by atoms with Crippen molar-refractivity contribution in [3.63, 3.8) is 0 Å². The van der Waals surface area contributed by atoms with E-state index in [1.807, 2.05) is 0 Å². The number of benzene rings is 1. The molecular formula is C16H20FNO3.